The van der Waals surface area contributed by atoms with E-state index >= 15 is 0 Å². The van der Waals surface area contributed by atoms with E-state index in [1.165, 1.54) is 25.3 Å². The van der Waals surface area contributed by atoms with E-state index < -0.39 is 33.1 Å². The van der Waals surface area contributed by atoms with Crippen molar-refractivity contribution in [3.8, 4) is 17.1 Å². The molecule has 158 valence electrons. The minimum atomic E-state index is -4.38. The van der Waals surface area contributed by atoms with E-state index in [0.29, 0.717) is 0 Å². The molecule has 0 aliphatic heterocycles. The Bertz CT molecular complexity index is 1210. The summed E-state index contributed by atoms with van der Waals surface area (Å²) in [4.78, 5) is 18.9. The minimum absolute atomic E-state index is 0.122. The van der Waals surface area contributed by atoms with E-state index in [9.17, 15) is 22.0 Å². The van der Waals surface area contributed by atoms with Gasteiger partial charge in [-0.3, -0.25) is 4.79 Å². The quantitative estimate of drug-likeness (QED) is 0.590. The van der Waals surface area contributed by atoms with Crippen LogP contribution in [0.25, 0.3) is 11.4 Å². The second kappa shape index (κ2) is 8.41. The zero-order chi connectivity index (χ0) is 22.1. The molecular formula is C19H16ClF2N3O4S. The number of halogens is 3. The highest BCUT2D eigenvalue weighted by Crippen LogP contribution is 2.27. The Balaban J connectivity index is 1.99. The molecule has 0 atom stereocenters. The third-order valence-electron chi connectivity index (χ3n) is 4.20. The highest BCUT2D eigenvalue weighted by molar-refractivity contribution is 7.90. The summed E-state index contributed by atoms with van der Waals surface area (Å²) in [6.07, 6.45) is 0.228. The van der Waals surface area contributed by atoms with Crippen LogP contribution in [0.1, 0.15) is 23.1 Å². The highest BCUT2D eigenvalue weighted by Gasteiger charge is 2.27. The molecule has 0 aliphatic rings. The zero-order valence-electron chi connectivity index (χ0n) is 15.8. The SMILES string of the molecule is CCc1[nH]c(-c2c(F)cccc2F)nc1C(=O)NS(=O)(=O)c1cc(OC)ccc1Cl. The first kappa shape index (κ1) is 21.7. The number of benzene rings is 2. The van der Waals surface area contributed by atoms with Crippen LogP contribution in [0.2, 0.25) is 5.02 Å². The van der Waals surface area contributed by atoms with E-state index in [-0.39, 0.29) is 39.3 Å². The number of carbonyl (C=O) groups is 1. The molecule has 1 amide bonds. The molecule has 2 N–H and O–H groups in total. The van der Waals surface area contributed by atoms with Crippen LogP contribution in [0.5, 0.6) is 5.75 Å². The number of aromatic nitrogens is 2. The number of hydrogen-bond acceptors (Lipinski definition) is 5. The lowest BCUT2D eigenvalue weighted by Crippen LogP contribution is -2.31. The maximum absolute atomic E-state index is 14.1. The molecule has 3 aromatic rings. The summed E-state index contributed by atoms with van der Waals surface area (Å²) < 4.78 is 60.3. The first-order chi connectivity index (χ1) is 14.2. The van der Waals surface area contributed by atoms with E-state index in [2.05, 4.69) is 9.97 Å². The lowest BCUT2D eigenvalue weighted by atomic mass is 10.2. The number of carbonyl (C=O) groups excluding carboxylic acids is 1. The van der Waals surface area contributed by atoms with Crippen LogP contribution in [0, 0.1) is 11.6 Å². The second-order valence-corrected chi connectivity index (χ2v) is 8.15. The number of ether oxygens (including phenoxy) is 1. The van der Waals surface area contributed by atoms with Crippen molar-refractivity contribution in [1.29, 1.82) is 0 Å². The summed E-state index contributed by atoms with van der Waals surface area (Å²) in [5, 5.41) is -0.122. The molecule has 2 aromatic carbocycles. The fraction of sp³-hybridized carbons (Fsp3) is 0.158. The molecule has 0 fully saturated rings. The van der Waals surface area contributed by atoms with E-state index in [1.54, 1.807) is 6.92 Å². The Kier molecular flexibility index (Phi) is 6.09. The number of imidazole rings is 1. The lowest BCUT2D eigenvalue weighted by Gasteiger charge is -2.09. The zero-order valence-corrected chi connectivity index (χ0v) is 17.4. The monoisotopic (exact) mass is 455 g/mol. The maximum atomic E-state index is 14.1. The summed E-state index contributed by atoms with van der Waals surface area (Å²) in [6, 6.07) is 7.20. The van der Waals surface area contributed by atoms with Gasteiger partial charge in [-0.25, -0.2) is 26.9 Å². The molecule has 0 spiro atoms. The Labute approximate surface area is 176 Å². The van der Waals surface area contributed by atoms with Gasteiger partial charge in [-0.2, -0.15) is 0 Å². The molecule has 0 unspecified atom stereocenters. The van der Waals surface area contributed by atoms with Gasteiger partial charge in [-0.05, 0) is 30.7 Å². The van der Waals surface area contributed by atoms with Crippen molar-refractivity contribution in [2.24, 2.45) is 0 Å². The van der Waals surface area contributed by atoms with Crippen molar-refractivity contribution in [3.05, 3.63) is 64.4 Å². The van der Waals surface area contributed by atoms with Crippen LogP contribution in [-0.4, -0.2) is 31.4 Å². The van der Waals surface area contributed by atoms with Crippen molar-refractivity contribution in [2.45, 2.75) is 18.2 Å². The van der Waals surface area contributed by atoms with Gasteiger partial charge in [-0.1, -0.05) is 24.6 Å². The average molecular weight is 456 g/mol. The van der Waals surface area contributed by atoms with Gasteiger partial charge >= 0.3 is 0 Å². The van der Waals surface area contributed by atoms with Crippen molar-refractivity contribution < 1.29 is 26.7 Å². The summed E-state index contributed by atoms with van der Waals surface area (Å²) in [7, 11) is -3.04. The topological polar surface area (TPSA) is 101 Å². The first-order valence-corrected chi connectivity index (χ1v) is 10.5. The van der Waals surface area contributed by atoms with Crippen LogP contribution in [-0.2, 0) is 16.4 Å². The number of H-pyrrole nitrogens is 1. The predicted octanol–water partition coefficient (Wildman–Crippen LogP) is 3.70. The summed E-state index contributed by atoms with van der Waals surface area (Å²) in [6.45, 7) is 1.67. The average Bonchev–Trinajstić information content (AvgIpc) is 3.12. The lowest BCUT2D eigenvalue weighted by molar-refractivity contribution is 0.0976. The molecule has 30 heavy (non-hydrogen) atoms. The fourth-order valence-electron chi connectivity index (χ4n) is 2.74. The molecule has 1 aromatic heterocycles. The van der Waals surface area contributed by atoms with Crippen molar-refractivity contribution in [3.63, 3.8) is 0 Å². The van der Waals surface area contributed by atoms with Crippen LogP contribution in [0.4, 0.5) is 8.78 Å². The van der Waals surface area contributed by atoms with Crippen molar-refractivity contribution in [2.75, 3.05) is 7.11 Å². The Morgan fingerprint density at radius 1 is 1.23 bits per heavy atom. The van der Waals surface area contributed by atoms with E-state index in [0.717, 1.165) is 18.2 Å². The van der Waals surface area contributed by atoms with Crippen LogP contribution >= 0.6 is 11.6 Å². The molecule has 0 aliphatic carbocycles. The normalized spacial score (nSPS) is 11.4. The van der Waals surface area contributed by atoms with E-state index in [1.807, 2.05) is 4.72 Å². The van der Waals surface area contributed by atoms with Crippen LogP contribution in [0.3, 0.4) is 0 Å². The van der Waals surface area contributed by atoms with Gasteiger partial charge in [0.05, 0.1) is 17.7 Å². The van der Waals surface area contributed by atoms with Gasteiger partial charge in [0.2, 0.25) is 0 Å². The van der Waals surface area contributed by atoms with Crippen molar-refractivity contribution in [1.82, 2.24) is 14.7 Å². The number of aryl methyl sites for hydroxylation is 1. The summed E-state index contributed by atoms with van der Waals surface area (Å²) >= 11 is 5.95. The number of nitrogens with one attached hydrogen (secondary N) is 2. The Morgan fingerprint density at radius 3 is 2.50 bits per heavy atom. The Morgan fingerprint density at radius 2 is 1.90 bits per heavy atom. The smallest absolute Gasteiger partial charge is 0.285 e. The maximum Gasteiger partial charge on any atom is 0.285 e. The molecule has 0 bridgehead atoms. The van der Waals surface area contributed by atoms with Gasteiger partial charge in [0, 0.05) is 11.8 Å². The third kappa shape index (κ3) is 4.14. The number of aromatic amines is 1. The molecule has 11 heteroatoms. The van der Waals surface area contributed by atoms with Crippen LogP contribution < -0.4 is 9.46 Å². The standard InChI is InChI=1S/C19H16ClF2N3O4S/c1-3-14-17(24-18(23-14)16-12(21)5-4-6-13(16)22)19(26)25-30(27,28)15-9-10(29-2)7-8-11(15)20/h4-9H,3H2,1-2H3,(H,23,24)(H,25,26). The number of nitrogens with zero attached hydrogens (tertiary/aromatic N) is 1. The number of methoxy groups -OCH3 is 1. The van der Waals surface area contributed by atoms with Gasteiger partial charge in [-0.15, -0.1) is 0 Å². The molecule has 0 saturated carbocycles. The number of sulfonamides is 1. The summed E-state index contributed by atoms with van der Waals surface area (Å²) in [5.74, 6) is -2.85. The molecular weight excluding hydrogens is 440 g/mol. The molecule has 0 radical (unpaired) electrons. The van der Waals surface area contributed by atoms with Gasteiger partial charge < -0.3 is 9.72 Å². The number of amides is 1. The molecule has 7 nitrogen and oxygen atoms in total. The Hall–Kier alpha value is -2.98. The first-order valence-electron chi connectivity index (χ1n) is 8.61. The molecule has 1 heterocycles. The molecule has 0 saturated heterocycles. The second-order valence-electron chi connectivity index (χ2n) is 6.09. The number of rotatable bonds is 6. The van der Waals surface area contributed by atoms with Gasteiger partial charge in [0.1, 0.15) is 28.1 Å². The van der Waals surface area contributed by atoms with Gasteiger partial charge in [0.15, 0.2) is 5.69 Å². The summed E-state index contributed by atoms with van der Waals surface area (Å²) in [5.41, 5.74) is -0.556. The minimum Gasteiger partial charge on any atom is -0.497 e. The highest BCUT2D eigenvalue weighted by atomic mass is 35.5. The largest absolute Gasteiger partial charge is 0.497 e. The van der Waals surface area contributed by atoms with E-state index in [4.69, 9.17) is 16.3 Å². The van der Waals surface area contributed by atoms with Gasteiger partial charge in [0.25, 0.3) is 15.9 Å². The fourth-order valence-corrected chi connectivity index (χ4v) is 4.21. The number of hydrogen-bond donors (Lipinski definition) is 2. The molecule has 3 rings (SSSR count). The van der Waals surface area contributed by atoms with Crippen molar-refractivity contribution >= 4 is 27.5 Å². The third-order valence-corrected chi connectivity index (χ3v) is 6.01. The van der Waals surface area contributed by atoms with Crippen LogP contribution in [0.15, 0.2) is 41.3 Å². The predicted molar refractivity (Wildman–Crippen MR) is 106 cm³/mol.